The molecule has 3 heterocycles. The molecule has 112 valence electrons. The van der Waals surface area contributed by atoms with Crippen molar-refractivity contribution in [3.05, 3.63) is 34.0 Å². The molecular weight excluding hydrogens is 294 g/mol. The minimum atomic E-state index is -0.230. The van der Waals surface area contributed by atoms with Gasteiger partial charge in [0.25, 0.3) is 5.56 Å². The number of ether oxygens (including phenoxy) is 1. The van der Waals surface area contributed by atoms with Crippen molar-refractivity contribution in [1.29, 1.82) is 0 Å². The Labute approximate surface area is 126 Å². The van der Waals surface area contributed by atoms with E-state index in [2.05, 4.69) is 10.1 Å². The van der Waals surface area contributed by atoms with E-state index >= 15 is 0 Å². The summed E-state index contributed by atoms with van der Waals surface area (Å²) >= 11 is 6.08. The van der Waals surface area contributed by atoms with Crippen LogP contribution in [0.15, 0.2) is 23.3 Å². The van der Waals surface area contributed by atoms with Crippen LogP contribution in [0.25, 0.3) is 5.82 Å². The number of anilines is 1. The van der Waals surface area contributed by atoms with Crippen molar-refractivity contribution < 1.29 is 4.74 Å². The molecule has 8 heteroatoms. The van der Waals surface area contributed by atoms with Crippen LogP contribution >= 0.6 is 11.6 Å². The summed E-state index contributed by atoms with van der Waals surface area (Å²) in [4.78, 5) is 18.8. The van der Waals surface area contributed by atoms with Crippen LogP contribution in [0, 0.1) is 0 Å². The zero-order valence-corrected chi connectivity index (χ0v) is 12.6. The van der Waals surface area contributed by atoms with E-state index in [9.17, 15) is 4.79 Å². The van der Waals surface area contributed by atoms with Crippen molar-refractivity contribution in [3.63, 3.8) is 0 Å². The number of rotatable bonds is 2. The van der Waals surface area contributed by atoms with Crippen molar-refractivity contribution in [2.45, 2.75) is 13.0 Å². The normalized spacial score (nSPS) is 19.0. The van der Waals surface area contributed by atoms with Crippen LogP contribution in [0.5, 0.6) is 0 Å². The van der Waals surface area contributed by atoms with Crippen LogP contribution in [0.2, 0.25) is 5.15 Å². The molecule has 0 aliphatic carbocycles. The molecule has 1 atom stereocenters. The number of hydrogen-bond donors (Lipinski definition) is 0. The molecule has 1 fully saturated rings. The van der Waals surface area contributed by atoms with E-state index in [1.54, 1.807) is 24.0 Å². The lowest BCUT2D eigenvalue weighted by molar-refractivity contribution is 0.0983. The average Bonchev–Trinajstić information content (AvgIpc) is 2.88. The molecule has 0 aromatic carbocycles. The van der Waals surface area contributed by atoms with Crippen molar-refractivity contribution in [2.24, 2.45) is 7.05 Å². The van der Waals surface area contributed by atoms with Gasteiger partial charge in [-0.15, -0.1) is 0 Å². The summed E-state index contributed by atoms with van der Waals surface area (Å²) in [7, 11) is 1.79. The largest absolute Gasteiger partial charge is 0.377 e. The van der Waals surface area contributed by atoms with Gasteiger partial charge in [0.05, 0.1) is 25.5 Å². The summed E-state index contributed by atoms with van der Waals surface area (Å²) in [6.07, 6.45) is 3.26. The molecule has 0 N–H and O–H groups in total. The van der Waals surface area contributed by atoms with Gasteiger partial charge in [-0.3, -0.25) is 14.0 Å². The van der Waals surface area contributed by atoms with E-state index < -0.39 is 0 Å². The van der Waals surface area contributed by atoms with Crippen LogP contribution in [0.3, 0.4) is 0 Å². The third kappa shape index (κ3) is 2.66. The molecule has 0 saturated carbocycles. The van der Waals surface area contributed by atoms with Gasteiger partial charge in [-0.2, -0.15) is 5.10 Å². The fourth-order valence-corrected chi connectivity index (χ4v) is 2.56. The van der Waals surface area contributed by atoms with E-state index in [0.29, 0.717) is 31.4 Å². The van der Waals surface area contributed by atoms with Gasteiger partial charge in [-0.1, -0.05) is 11.6 Å². The van der Waals surface area contributed by atoms with Gasteiger partial charge in [0.15, 0.2) is 11.6 Å². The monoisotopic (exact) mass is 309 g/mol. The van der Waals surface area contributed by atoms with E-state index in [1.807, 2.05) is 11.8 Å². The van der Waals surface area contributed by atoms with Crippen LogP contribution in [0.1, 0.15) is 6.92 Å². The van der Waals surface area contributed by atoms with Crippen LogP contribution in [-0.2, 0) is 11.8 Å². The zero-order valence-electron chi connectivity index (χ0n) is 11.9. The maximum Gasteiger partial charge on any atom is 0.299 e. The summed E-state index contributed by atoms with van der Waals surface area (Å²) < 4.78 is 8.45. The van der Waals surface area contributed by atoms with Crippen molar-refractivity contribution >= 4 is 17.4 Å². The first-order chi connectivity index (χ1) is 10.1. The van der Waals surface area contributed by atoms with Crippen LogP contribution in [-0.4, -0.2) is 45.1 Å². The molecule has 0 bridgehead atoms. The first-order valence-corrected chi connectivity index (χ1v) is 7.07. The third-order valence-electron chi connectivity index (χ3n) is 3.44. The molecule has 0 amide bonds. The molecule has 3 rings (SSSR count). The van der Waals surface area contributed by atoms with E-state index in [1.165, 1.54) is 10.8 Å². The number of halogens is 1. The lowest BCUT2D eigenvalue weighted by atomic mass is 10.2. The molecule has 2 aromatic rings. The average molecular weight is 310 g/mol. The standard InChI is InChI=1S/C13H16ClN5O2/c1-9-8-21-6-5-18(9)12-13(20)19(7-10(14)15-12)11-3-4-17(2)16-11/h3-4,7,9H,5-6,8H2,1-2H3/t9-/m1/s1. The lowest BCUT2D eigenvalue weighted by Crippen LogP contribution is -2.47. The third-order valence-corrected chi connectivity index (χ3v) is 3.63. The van der Waals surface area contributed by atoms with E-state index in [-0.39, 0.29) is 16.8 Å². The molecule has 21 heavy (non-hydrogen) atoms. The maximum absolute atomic E-state index is 12.7. The first kappa shape index (κ1) is 14.1. The molecular formula is C13H16ClN5O2. The van der Waals surface area contributed by atoms with E-state index in [0.717, 1.165) is 0 Å². The highest BCUT2D eigenvalue weighted by atomic mass is 35.5. The fourth-order valence-electron chi connectivity index (χ4n) is 2.38. The van der Waals surface area contributed by atoms with Gasteiger partial charge >= 0.3 is 0 Å². The number of nitrogens with zero attached hydrogens (tertiary/aromatic N) is 5. The summed E-state index contributed by atoms with van der Waals surface area (Å²) in [6.45, 7) is 3.75. The Kier molecular flexibility index (Phi) is 3.69. The van der Waals surface area contributed by atoms with Gasteiger partial charge in [-0.05, 0) is 6.92 Å². The molecule has 0 radical (unpaired) electrons. The molecule has 1 aliphatic rings. The molecule has 7 nitrogen and oxygen atoms in total. The van der Waals surface area contributed by atoms with Gasteiger partial charge in [0.1, 0.15) is 5.15 Å². The number of morpholine rings is 1. The first-order valence-electron chi connectivity index (χ1n) is 6.70. The number of hydrogen-bond acceptors (Lipinski definition) is 5. The van der Waals surface area contributed by atoms with Crippen molar-refractivity contribution in [2.75, 3.05) is 24.7 Å². The highest BCUT2D eigenvalue weighted by Gasteiger charge is 2.24. The Balaban J connectivity index is 2.10. The second kappa shape index (κ2) is 5.50. The van der Waals surface area contributed by atoms with Gasteiger partial charge in [0, 0.05) is 25.9 Å². The van der Waals surface area contributed by atoms with Gasteiger partial charge < -0.3 is 9.64 Å². The fraction of sp³-hybridized carbons (Fsp3) is 0.462. The van der Waals surface area contributed by atoms with Crippen LogP contribution in [0.4, 0.5) is 5.82 Å². The van der Waals surface area contributed by atoms with E-state index in [4.69, 9.17) is 16.3 Å². The summed E-state index contributed by atoms with van der Waals surface area (Å²) in [5, 5.41) is 4.50. The summed E-state index contributed by atoms with van der Waals surface area (Å²) in [5.74, 6) is 0.859. The quantitative estimate of drug-likeness (QED) is 0.822. The Hall–Kier alpha value is -1.86. The molecule has 0 unspecified atom stereocenters. The highest BCUT2D eigenvalue weighted by Crippen LogP contribution is 2.17. The smallest absolute Gasteiger partial charge is 0.299 e. The maximum atomic E-state index is 12.7. The SMILES string of the molecule is C[C@@H]1COCCN1c1nc(Cl)cn(-c2ccn(C)n2)c1=O. The topological polar surface area (TPSA) is 65.2 Å². The molecule has 0 spiro atoms. The Morgan fingerprint density at radius 2 is 2.29 bits per heavy atom. The predicted octanol–water partition coefficient (Wildman–Crippen LogP) is 0.844. The number of aryl methyl sites for hydroxylation is 1. The van der Waals surface area contributed by atoms with Gasteiger partial charge in [0.2, 0.25) is 0 Å². The second-order valence-electron chi connectivity index (χ2n) is 5.03. The Bertz CT molecular complexity index is 711. The summed E-state index contributed by atoms with van der Waals surface area (Å²) in [6, 6.07) is 1.83. The predicted molar refractivity (Wildman–Crippen MR) is 79.2 cm³/mol. The molecule has 1 aliphatic heterocycles. The summed E-state index contributed by atoms with van der Waals surface area (Å²) in [5.41, 5.74) is -0.230. The van der Waals surface area contributed by atoms with Crippen molar-refractivity contribution in [3.8, 4) is 5.82 Å². The zero-order chi connectivity index (χ0) is 15.0. The molecule has 2 aromatic heterocycles. The second-order valence-corrected chi connectivity index (χ2v) is 5.41. The van der Waals surface area contributed by atoms with Crippen molar-refractivity contribution in [1.82, 2.24) is 19.3 Å². The Morgan fingerprint density at radius 3 is 2.95 bits per heavy atom. The minimum absolute atomic E-state index is 0.0783. The minimum Gasteiger partial charge on any atom is -0.377 e. The van der Waals surface area contributed by atoms with Crippen LogP contribution < -0.4 is 10.5 Å². The highest BCUT2D eigenvalue weighted by molar-refractivity contribution is 6.29. The number of aromatic nitrogens is 4. The molecule has 1 saturated heterocycles. The lowest BCUT2D eigenvalue weighted by Gasteiger charge is -2.33. The Morgan fingerprint density at radius 1 is 1.48 bits per heavy atom. The van der Waals surface area contributed by atoms with Gasteiger partial charge in [-0.25, -0.2) is 4.98 Å².